The molecule has 0 unspecified atom stereocenters. The molecule has 114 valence electrons. The maximum Gasteiger partial charge on any atom is 0.313 e. The average molecular weight is 322 g/mol. The SMILES string of the molecule is C#Cc1cccc(NC(=O)C(=O)N[C@H]2CSc3ccccc32)c1. The maximum atomic E-state index is 12.1. The van der Waals surface area contributed by atoms with E-state index in [4.69, 9.17) is 6.42 Å². The summed E-state index contributed by atoms with van der Waals surface area (Å²) in [6, 6.07) is 14.5. The minimum absolute atomic E-state index is 0.147. The van der Waals surface area contributed by atoms with Crippen molar-refractivity contribution in [2.75, 3.05) is 11.1 Å². The zero-order chi connectivity index (χ0) is 16.2. The standard InChI is InChI=1S/C18H14N2O2S/c1-2-12-6-5-7-13(10-12)19-17(21)18(22)20-15-11-23-16-9-4-3-8-14(15)16/h1,3-10,15H,11H2,(H,19,21)(H,20,22)/t15-/m0/s1. The van der Waals surface area contributed by atoms with Crippen molar-refractivity contribution in [1.29, 1.82) is 0 Å². The number of carbonyl (C=O) groups excluding carboxylic acids is 2. The van der Waals surface area contributed by atoms with Gasteiger partial charge in [0.15, 0.2) is 0 Å². The Labute approximate surface area is 138 Å². The van der Waals surface area contributed by atoms with E-state index in [2.05, 4.69) is 16.6 Å². The molecule has 2 N–H and O–H groups in total. The molecule has 2 aromatic carbocycles. The molecule has 1 aliphatic heterocycles. The summed E-state index contributed by atoms with van der Waals surface area (Å²) in [6.45, 7) is 0. The molecule has 0 spiro atoms. The van der Waals surface area contributed by atoms with Crippen molar-refractivity contribution in [3.8, 4) is 12.3 Å². The summed E-state index contributed by atoms with van der Waals surface area (Å²) in [5, 5.41) is 5.33. The number of carbonyl (C=O) groups is 2. The number of hydrogen-bond acceptors (Lipinski definition) is 3. The molecule has 0 saturated carbocycles. The van der Waals surface area contributed by atoms with Crippen molar-refractivity contribution in [2.24, 2.45) is 0 Å². The Morgan fingerprint density at radius 3 is 2.78 bits per heavy atom. The largest absolute Gasteiger partial charge is 0.340 e. The predicted octanol–water partition coefficient (Wildman–Crippen LogP) is 2.57. The van der Waals surface area contributed by atoms with E-state index < -0.39 is 11.8 Å². The summed E-state index contributed by atoms with van der Waals surface area (Å²) >= 11 is 1.67. The van der Waals surface area contributed by atoms with Crippen LogP contribution in [0.1, 0.15) is 17.2 Å². The number of thioether (sulfide) groups is 1. The molecule has 5 heteroatoms. The highest BCUT2D eigenvalue weighted by molar-refractivity contribution is 7.99. The lowest BCUT2D eigenvalue weighted by atomic mass is 10.1. The van der Waals surface area contributed by atoms with Gasteiger partial charge in [-0.05, 0) is 29.8 Å². The first-order chi connectivity index (χ1) is 11.2. The van der Waals surface area contributed by atoms with Crippen molar-refractivity contribution in [3.63, 3.8) is 0 Å². The molecule has 0 aromatic heterocycles. The molecule has 0 bridgehead atoms. The number of nitrogens with one attached hydrogen (secondary N) is 2. The molecule has 0 radical (unpaired) electrons. The van der Waals surface area contributed by atoms with Gasteiger partial charge >= 0.3 is 11.8 Å². The van der Waals surface area contributed by atoms with Crippen LogP contribution in [0.3, 0.4) is 0 Å². The second-order valence-electron chi connectivity index (χ2n) is 5.05. The molecule has 1 heterocycles. The molecule has 2 amide bonds. The Morgan fingerprint density at radius 1 is 1.13 bits per heavy atom. The Hall–Kier alpha value is -2.71. The number of rotatable bonds is 2. The second-order valence-corrected chi connectivity index (χ2v) is 6.12. The lowest BCUT2D eigenvalue weighted by Crippen LogP contribution is -2.37. The number of hydrogen-bond donors (Lipinski definition) is 2. The summed E-state index contributed by atoms with van der Waals surface area (Å²) in [5.41, 5.74) is 2.19. The fourth-order valence-electron chi connectivity index (χ4n) is 2.38. The van der Waals surface area contributed by atoms with Crippen molar-refractivity contribution >= 4 is 29.3 Å². The van der Waals surface area contributed by atoms with Gasteiger partial charge in [0.05, 0.1) is 6.04 Å². The topological polar surface area (TPSA) is 58.2 Å². The normalized spacial score (nSPS) is 15.3. The molecular formula is C18H14N2O2S. The highest BCUT2D eigenvalue weighted by atomic mass is 32.2. The predicted molar refractivity (Wildman–Crippen MR) is 91.1 cm³/mol. The van der Waals surface area contributed by atoms with Gasteiger partial charge in [-0.25, -0.2) is 0 Å². The molecule has 0 fully saturated rings. The number of fused-ring (bicyclic) bond motifs is 1. The van der Waals surface area contributed by atoms with Gasteiger partial charge in [-0.2, -0.15) is 0 Å². The van der Waals surface area contributed by atoms with Crippen LogP contribution < -0.4 is 10.6 Å². The van der Waals surface area contributed by atoms with E-state index in [9.17, 15) is 9.59 Å². The third kappa shape index (κ3) is 3.38. The van der Waals surface area contributed by atoms with Crippen LogP contribution in [0.5, 0.6) is 0 Å². The average Bonchev–Trinajstić information content (AvgIpc) is 2.98. The fraction of sp³-hybridized carbons (Fsp3) is 0.111. The molecule has 23 heavy (non-hydrogen) atoms. The molecule has 1 atom stereocenters. The van der Waals surface area contributed by atoms with E-state index in [-0.39, 0.29) is 6.04 Å². The molecule has 0 aliphatic carbocycles. The van der Waals surface area contributed by atoms with Gasteiger partial charge in [0.25, 0.3) is 0 Å². The summed E-state index contributed by atoms with van der Waals surface area (Å²) in [5.74, 6) is 1.86. The molecular weight excluding hydrogens is 308 g/mol. The van der Waals surface area contributed by atoms with Crippen molar-refractivity contribution < 1.29 is 9.59 Å². The zero-order valence-corrected chi connectivity index (χ0v) is 13.0. The third-order valence-corrected chi connectivity index (χ3v) is 4.68. The van der Waals surface area contributed by atoms with Crippen LogP contribution in [0.2, 0.25) is 0 Å². The fourth-order valence-corrected chi connectivity index (χ4v) is 3.54. The van der Waals surface area contributed by atoms with Gasteiger partial charge in [-0.1, -0.05) is 30.2 Å². The van der Waals surface area contributed by atoms with Crippen LogP contribution in [0.25, 0.3) is 0 Å². The first-order valence-corrected chi connectivity index (χ1v) is 8.06. The van der Waals surface area contributed by atoms with E-state index in [1.54, 1.807) is 36.0 Å². The highest BCUT2D eigenvalue weighted by Crippen LogP contribution is 2.37. The summed E-state index contributed by atoms with van der Waals surface area (Å²) in [7, 11) is 0. The van der Waals surface area contributed by atoms with Crippen LogP contribution in [-0.4, -0.2) is 17.6 Å². The number of anilines is 1. The Morgan fingerprint density at radius 2 is 1.96 bits per heavy atom. The van der Waals surface area contributed by atoms with Gasteiger partial charge in [0, 0.05) is 21.9 Å². The zero-order valence-electron chi connectivity index (χ0n) is 12.2. The maximum absolute atomic E-state index is 12.1. The number of benzene rings is 2. The second kappa shape index (κ2) is 6.59. The van der Waals surface area contributed by atoms with E-state index in [1.165, 1.54) is 0 Å². The smallest absolute Gasteiger partial charge is 0.313 e. The minimum atomic E-state index is -0.700. The van der Waals surface area contributed by atoms with Gasteiger partial charge in [0.1, 0.15) is 0 Å². The van der Waals surface area contributed by atoms with Crippen LogP contribution in [0, 0.1) is 12.3 Å². The van der Waals surface area contributed by atoms with Crippen molar-refractivity contribution in [1.82, 2.24) is 5.32 Å². The molecule has 1 aliphatic rings. The summed E-state index contributed by atoms with van der Waals surface area (Å²) in [6.07, 6.45) is 5.32. The van der Waals surface area contributed by atoms with Crippen molar-refractivity contribution in [2.45, 2.75) is 10.9 Å². The van der Waals surface area contributed by atoms with Crippen LogP contribution >= 0.6 is 11.8 Å². The highest BCUT2D eigenvalue weighted by Gasteiger charge is 2.26. The Bertz CT molecular complexity index is 811. The van der Waals surface area contributed by atoms with E-state index >= 15 is 0 Å². The summed E-state index contributed by atoms with van der Waals surface area (Å²) in [4.78, 5) is 25.3. The van der Waals surface area contributed by atoms with E-state index in [1.807, 2.05) is 24.3 Å². The lowest BCUT2D eigenvalue weighted by Gasteiger charge is -2.13. The van der Waals surface area contributed by atoms with E-state index in [0.717, 1.165) is 16.2 Å². The van der Waals surface area contributed by atoms with E-state index in [0.29, 0.717) is 11.3 Å². The van der Waals surface area contributed by atoms with Crippen LogP contribution in [0.15, 0.2) is 53.4 Å². The third-order valence-electron chi connectivity index (χ3n) is 3.50. The van der Waals surface area contributed by atoms with Crippen molar-refractivity contribution in [3.05, 3.63) is 59.7 Å². The number of terminal acetylenes is 1. The first kappa shape index (κ1) is 15.2. The van der Waals surface area contributed by atoms with Crippen LogP contribution in [0.4, 0.5) is 5.69 Å². The molecule has 4 nitrogen and oxygen atoms in total. The monoisotopic (exact) mass is 322 g/mol. The quantitative estimate of drug-likeness (QED) is 0.660. The summed E-state index contributed by atoms with van der Waals surface area (Å²) < 4.78 is 0. The van der Waals surface area contributed by atoms with Crippen LogP contribution in [-0.2, 0) is 9.59 Å². The lowest BCUT2D eigenvalue weighted by molar-refractivity contribution is -0.136. The van der Waals surface area contributed by atoms with Gasteiger partial charge in [-0.15, -0.1) is 18.2 Å². The van der Waals surface area contributed by atoms with Gasteiger partial charge in [-0.3, -0.25) is 9.59 Å². The van der Waals surface area contributed by atoms with Gasteiger partial charge < -0.3 is 10.6 Å². The number of amides is 2. The molecule has 2 aromatic rings. The Kier molecular flexibility index (Phi) is 4.35. The molecule has 3 rings (SSSR count). The van der Waals surface area contributed by atoms with Gasteiger partial charge in [0.2, 0.25) is 0 Å². The Balaban J connectivity index is 1.65. The first-order valence-electron chi connectivity index (χ1n) is 7.07. The molecule has 0 saturated heterocycles. The minimum Gasteiger partial charge on any atom is -0.340 e.